The van der Waals surface area contributed by atoms with Gasteiger partial charge in [0.05, 0.1) is 12.6 Å². The highest BCUT2D eigenvalue weighted by molar-refractivity contribution is 5.76. The van der Waals surface area contributed by atoms with E-state index in [1.165, 1.54) is 17.3 Å². The van der Waals surface area contributed by atoms with E-state index in [1.807, 2.05) is 0 Å². The van der Waals surface area contributed by atoms with Gasteiger partial charge in [0, 0.05) is 6.54 Å². The van der Waals surface area contributed by atoms with Gasteiger partial charge in [-0.2, -0.15) is 5.10 Å². The summed E-state index contributed by atoms with van der Waals surface area (Å²) < 4.78 is 1.50. The number of aliphatic hydroxyl groups is 1. The molecule has 1 aromatic heterocycles. The lowest BCUT2D eigenvalue weighted by molar-refractivity contribution is -0.134. The van der Waals surface area contributed by atoms with Crippen molar-refractivity contribution >= 4 is 5.91 Å². The summed E-state index contributed by atoms with van der Waals surface area (Å²) in [4.78, 5) is 17.5. The Hall–Kier alpha value is -1.43. The van der Waals surface area contributed by atoms with Crippen LogP contribution in [0.5, 0.6) is 0 Å². The largest absolute Gasteiger partial charge is 0.394 e. The van der Waals surface area contributed by atoms with E-state index in [1.54, 1.807) is 4.90 Å². The van der Waals surface area contributed by atoms with Gasteiger partial charge in [0.25, 0.3) is 0 Å². The number of hydrogen-bond donors (Lipinski definition) is 1. The van der Waals surface area contributed by atoms with Crippen LogP contribution in [0.1, 0.15) is 13.3 Å². The molecule has 0 radical (unpaired) electrons. The Kier molecular flexibility index (Phi) is 3.19. The fourth-order valence-electron chi connectivity index (χ4n) is 2.14. The molecule has 88 valence electrons. The highest BCUT2D eigenvalue weighted by Crippen LogP contribution is 2.23. The topological polar surface area (TPSA) is 71.2 Å². The van der Waals surface area contributed by atoms with Crippen molar-refractivity contribution in [3.63, 3.8) is 0 Å². The number of nitrogens with zero attached hydrogens (tertiary/aromatic N) is 4. The van der Waals surface area contributed by atoms with Gasteiger partial charge in [-0.3, -0.25) is 4.79 Å². The minimum Gasteiger partial charge on any atom is -0.394 e. The van der Waals surface area contributed by atoms with Gasteiger partial charge < -0.3 is 10.0 Å². The lowest BCUT2D eigenvalue weighted by Gasteiger charge is -2.25. The first kappa shape index (κ1) is 11.1. The first-order chi connectivity index (χ1) is 7.72. The summed E-state index contributed by atoms with van der Waals surface area (Å²) in [5.74, 6) is 0.360. The molecule has 1 saturated heterocycles. The molecule has 2 atom stereocenters. The van der Waals surface area contributed by atoms with Crippen LogP contribution >= 0.6 is 0 Å². The van der Waals surface area contributed by atoms with Gasteiger partial charge in [-0.15, -0.1) is 0 Å². The number of carbonyl (C=O) groups excluding carboxylic acids is 1. The summed E-state index contributed by atoms with van der Waals surface area (Å²) >= 11 is 0. The van der Waals surface area contributed by atoms with Crippen LogP contribution in [0, 0.1) is 5.92 Å². The summed E-state index contributed by atoms with van der Waals surface area (Å²) in [5, 5.41) is 13.1. The molecule has 16 heavy (non-hydrogen) atoms. The van der Waals surface area contributed by atoms with Gasteiger partial charge in [-0.05, 0) is 12.3 Å². The van der Waals surface area contributed by atoms with Crippen LogP contribution in [0.4, 0.5) is 0 Å². The Balaban J connectivity index is 1.99. The van der Waals surface area contributed by atoms with Crippen molar-refractivity contribution in [1.29, 1.82) is 0 Å². The summed E-state index contributed by atoms with van der Waals surface area (Å²) in [6.07, 6.45) is 3.88. The van der Waals surface area contributed by atoms with Crippen LogP contribution in [0.3, 0.4) is 0 Å². The lowest BCUT2D eigenvalue weighted by Crippen LogP contribution is -2.41. The van der Waals surface area contributed by atoms with E-state index in [9.17, 15) is 9.90 Å². The number of aliphatic hydroxyl groups excluding tert-OH is 1. The van der Waals surface area contributed by atoms with Crippen LogP contribution < -0.4 is 0 Å². The maximum absolute atomic E-state index is 12.0. The zero-order valence-corrected chi connectivity index (χ0v) is 9.28. The van der Waals surface area contributed by atoms with Gasteiger partial charge in [-0.25, -0.2) is 9.67 Å². The Morgan fingerprint density at radius 3 is 3.06 bits per heavy atom. The van der Waals surface area contributed by atoms with Crippen molar-refractivity contribution in [2.45, 2.75) is 25.9 Å². The van der Waals surface area contributed by atoms with E-state index in [0.717, 1.165) is 13.0 Å². The molecule has 1 aliphatic heterocycles. The summed E-state index contributed by atoms with van der Waals surface area (Å²) in [6.45, 7) is 3.01. The molecule has 0 aromatic carbocycles. The monoisotopic (exact) mass is 224 g/mol. The third-order valence-corrected chi connectivity index (χ3v) is 3.15. The van der Waals surface area contributed by atoms with Crippen LogP contribution in [-0.4, -0.2) is 49.9 Å². The molecule has 2 rings (SSSR count). The fraction of sp³-hybridized carbons (Fsp3) is 0.700. The normalized spacial score (nSPS) is 25.0. The second-order valence-corrected chi connectivity index (χ2v) is 4.20. The Labute approximate surface area is 93.9 Å². The molecule has 2 heterocycles. The first-order valence-corrected chi connectivity index (χ1v) is 5.45. The van der Waals surface area contributed by atoms with Crippen molar-refractivity contribution < 1.29 is 9.90 Å². The smallest absolute Gasteiger partial charge is 0.244 e. The van der Waals surface area contributed by atoms with Crippen LogP contribution in [-0.2, 0) is 11.3 Å². The SMILES string of the molecule is CC1CCN(C(=O)Cn2cncn2)C1CO. The molecule has 0 bridgehead atoms. The molecule has 1 aromatic rings. The number of hydrogen-bond acceptors (Lipinski definition) is 4. The Morgan fingerprint density at radius 2 is 2.44 bits per heavy atom. The molecule has 0 saturated carbocycles. The molecular weight excluding hydrogens is 208 g/mol. The van der Waals surface area contributed by atoms with Crippen molar-refractivity contribution in [3.05, 3.63) is 12.7 Å². The summed E-state index contributed by atoms with van der Waals surface area (Å²) in [7, 11) is 0. The summed E-state index contributed by atoms with van der Waals surface area (Å²) in [6, 6.07) is -0.0454. The second kappa shape index (κ2) is 4.61. The minimum absolute atomic E-state index is 0.00565. The molecular formula is C10H16N4O2. The van der Waals surface area contributed by atoms with E-state index < -0.39 is 0 Å². The van der Waals surface area contributed by atoms with E-state index >= 15 is 0 Å². The van der Waals surface area contributed by atoms with Crippen molar-refractivity contribution in [2.75, 3.05) is 13.2 Å². The zero-order chi connectivity index (χ0) is 11.5. The van der Waals surface area contributed by atoms with Crippen LogP contribution in [0.2, 0.25) is 0 Å². The third-order valence-electron chi connectivity index (χ3n) is 3.15. The minimum atomic E-state index is -0.0454. The maximum atomic E-state index is 12.0. The highest BCUT2D eigenvalue weighted by Gasteiger charge is 2.33. The molecule has 1 aliphatic rings. The van der Waals surface area contributed by atoms with Gasteiger partial charge >= 0.3 is 0 Å². The maximum Gasteiger partial charge on any atom is 0.244 e. The van der Waals surface area contributed by atoms with Gasteiger partial charge in [0.15, 0.2) is 0 Å². The quantitative estimate of drug-likeness (QED) is 0.752. The molecule has 2 unspecified atom stereocenters. The average molecular weight is 224 g/mol. The van der Waals surface area contributed by atoms with Crippen molar-refractivity contribution in [3.8, 4) is 0 Å². The first-order valence-electron chi connectivity index (χ1n) is 5.45. The number of carbonyl (C=O) groups is 1. The molecule has 6 heteroatoms. The van der Waals surface area contributed by atoms with Crippen LogP contribution in [0.25, 0.3) is 0 Å². The van der Waals surface area contributed by atoms with E-state index in [4.69, 9.17) is 0 Å². The molecule has 1 fully saturated rings. The number of rotatable bonds is 3. The predicted molar refractivity (Wildman–Crippen MR) is 56.4 cm³/mol. The third kappa shape index (κ3) is 2.06. The molecule has 1 amide bonds. The average Bonchev–Trinajstić information content (AvgIpc) is 2.87. The Bertz CT molecular complexity index is 352. The van der Waals surface area contributed by atoms with Crippen molar-refractivity contribution in [2.24, 2.45) is 5.92 Å². The van der Waals surface area contributed by atoms with E-state index in [2.05, 4.69) is 17.0 Å². The lowest BCUT2D eigenvalue weighted by atomic mass is 10.0. The molecule has 0 spiro atoms. The second-order valence-electron chi connectivity index (χ2n) is 4.20. The standard InChI is InChI=1S/C10H16N4O2/c1-8-2-3-14(9(8)5-15)10(16)4-13-7-11-6-12-13/h6-9,15H,2-5H2,1H3. The fourth-order valence-corrected chi connectivity index (χ4v) is 2.14. The van der Waals surface area contributed by atoms with E-state index in [-0.39, 0.29) is 25.1 Å². The number of aromatic nitrogens is 3. The molecule has 1 N–H and O–H groups in total. The zero-order valence-electron chi connectivity index (χ0n) is 9.28. The molecule has 0 aliphatic carbocycles. The Morgan fingerprint density at radius 1 is 1.62 bits per heavy atom. The predicted octanol–water partition coefficient (Wildman–Crippen LogP) is -0.493. The number of amides is 1. The van der Waals surface area contributed by atoms with Gasteiger partial charge in [0.1, 0.15) is 19.2 Å². The molecule has 6 nitrogen and oxygen atoms in total. The summed E-state index contributed by atoms with van der Waals surface area (Å²) in [5.41, 5.74) is 0. The van der Waals surface area contributed by atoms with E-state index in [0.29, 0.717) is 5.92 Å². The number of likely N-dealkylation sites (tertiary alicyclic amines) is 1. The van der Waals surface area contributed by atoms with Crippen LogP contribution in [0.15, 0.2) is 12.7 Å². The van der Waals surface area contributed by atoms with Gasteiger partial charge in [0.2, 0.25) is 5.91 Å². The van der Waals surface area contributed by atoms with Crippen molar-refractivity contribution in [1.82, 2.24) is 19.7 Å². The highest BCUT2D eigenvalue weighted by atomic mass is 16.3. The van der Waals surface area contributed by atoms with Gasteiger partial charge in [-0.1, -0.05) is 6.92 Å².